The highest BCUT2D eigenvalue weighted by Gasteiger charge is 2.25. The van der Waals surface area contributed by atoms with E-state index in [4.69, 9.17) is 4.74 Å². The van der Waals surface area contributed by atoms with Crippen LogP contribution >= 0.6 is 0 Å². The van der Waals surface area contributed by atoms with Crippen LogP contribution in [0.1, 0.15) is 24.0 Å². The van der Waals surface area contributed by atoms with Crippen LogP contribution in [0.5, 0.6) is 5.75 Å². The number of hydrogen-bond donors (Lipinski definition) is 1. The van der Waals surface area contributed by atoms with E-state index in [1.54, 1.807) is 42.2 Å². The van der Waals surface area contributed by atoms with Crippen LogP contribution in [0.25, 0.3) is 0 Å². The number of carbonyl (C=O) groups is 1. The first-order valence-electron chi connectivity index (χ1n) is 8.41. The number of nitrogens with zero attached hydrogens (tertiary/aromatic N) is 1. The molecule has 0 bridgehead atoms. The molecule has 1 amide bonds. The first kappa shape index (κ1) is 18.3. The molecule has 1 aliphatic rings. The van der Waals surface area contributed by atoms with Crippen LogP contribution in [0.15, 0.2) is 41.3 Å². The highest BCUT2D eigenvalue weighted by molar-refractivity contribution is 7.92. The molecule has 3 rings (SSSR count). The number of rotatable bonds is 5. The average Bonchev–Trinajstić information content (AvgIpc) is 3.02. The standard InChI is InChI=1S/C19H22N2O4S/c1-13-6-4-7-18(14(13)2)26(23,24)20-15-9-10-16(17(12-15)25-3)21-11-5-8-19(21)22/h4,6-7,9-10,12,20H,5,8,11H2,1-3H3. The molecule has 2 aromatic rings. The molecule has 0 radical (unpaired) electrons. The van der Waals surface area contributed by atoms with Crippen molar-refractivity contribution in [3.63, 3.8) is 0 Å². The van der Waals surface area contributed by atoms with Crippen molar-refractivity contribution in [2.24, 2.45) is 0 Å². The molecule has 0 aromatic heterocycles. The Morgan fingerprint density at radius 2 is 1.92 bits per heavy atom. The van der Waals surface area contributed by atoms with Crippen LogP contribution in [-0.2, 0) is 14.8 Å². The van der Waals surface area contributed by atoms with Crippen molar-refractivity contribution in [1.82, 2.24) is 0 Å². The van der Waals surface area contributed by atoms with Gasteiger partial charge >= 0.3 is 0 Å². The largest absolute Gasteiger partial charge is 0.494 e. The molecule has 0 saturated carbocycles. The Hall–Kier alpha value is -2.54. The lowest BCUT2D eigenvalue weighted by atomic mass is 10.1. The number of carbonyl (C=O) groups excluding carboxylic acids is 1. The molecule has 0 aliphatic carbocycles. The van der Waals surface area contributed by atoms with Gasteiger partial charge in [0.1, 0.15) is 5.75 Å². The van der Waals surface area contributed by atoms with Crippen molar-refractivity contribution in [3.05, 3.63) is 47.5 Å². The van der Waals surface area contributed by atoms with E-state index in [2.05, 4.69) is 4.72 Å². The maximum atomic E-state index is 12.8. The van der Waals surface area contributed by atoms with Gasteiger partial charge in [-0.25, -0.2) is 8.42 Å². The Balaban J connectivity index is 1.93. The van der Waals surface area contributed by atoms with Crippen LogP contribution in [0.3, 0.4) is 0 Å². The topological polar surface area (TPSA) is 75.7 Å². The number of amides is 1. The maximum absolute atomic E-state index is 12.8. The van der Waals surface area contributed by atoms with Crippen molar-refractivity contribution >= 4 is 27.3 Å². The average molecular weight is 374 g/mol. The summed E-state index contributed by atoms with van der Waals surface area (Å²) >= 11 is 0. The third-order valence-electron chi connectivity index (χ3n) is 4.64. The predicted octanol–water partition coefficient (Wildman–Crippen LogP) is 3.24. The second-order valence-electron chi connectivity index (χ2n) is 6.34. The van der Waals surface area contributed by atoms with Gasteiger partial charge in [-0.3, -0.25) is 9.52 Å². The van der Waals surface area contributed by atoms with Gasteiger partial charge in [-0.1, -0.05) is 12.1 Å². The zero-order valence-corrected chi connectivity index (χ0v) is 15.9. The van der Waals surface area contributed by atoms with E-state index in [9.17, 15) is 13.2 Å². The van der Waals surface area contributed by atoms with Crippen molar-refractivity contribution in [2.75, 3.05) is 23.3 Å². The van der Waals surface area contributed by atoms with Crippen LogP contribution in [-0.4, -0.2) is 28.0 Å². The summed E-state index contributed by atoms with van der Waals surface area (Å²) in [4.78, 5) is 13.9. The minimum atomic E-state index is -3.72. The minimum Gasteiger partial charge on any atom is -0.494 e. The second-order valence-corrected chi connectivity index (χ2v) is 7.99. The van der Waals surface area contributed by atoms with Gasteiger partial charge in [0.25, 0.3) is 10.0 Å². The molecule has 1 heterocycles. The van der Waals surface area contributed by atoms with Gasteiger partial charge in [-0.15, -0.1) is 0 Å². The summed E-state index contributed by atoms with van der Waals surface area (Å²) in [6.45, 7) is 4.30. The number of methoxy groups -OCH3 is 1. The lowest BCUT2D eigenvalue weighted by molar-refractivity contribution is -0.117. The van der Waals surface area contributed by atoms with E-state index in [-0.39, 0.29) is 10.8 Å². The second kappa shape index (κ2) is 6.99. The van der Waals surface area contributed by atoms with Crippen LogP contribution in [0.2, 0.25) is 0 Å². The third-order valence-corrected chi connectivity index (χ3v) is 6.17. The smallest absolute Gasteiger partial charge is 0.262 e. The molecule has 2 aromatic carbocycles. The highest BCUT2D eigenvalue weighted by atomic mass is 32.2. The van der Waals surface area contributed by atoms with Gasteiger partial charge in [0.05, 0.1) is 23.4 Å². The number of aryl methyl sites for hydroxylation is 1. The lowest BCUT2D eigenvalue weighted by Gasteiger charge is -2.20. The summed E-state index contributed by atoms with van der Waals surface area (Å²) in [7, 11) is -2.22. The summed E-state index contributed by atoms with van der Waals surface area (Å²) in [5.41, 5.74) is 2.67. The van der Waals surface area contributed by atoms with Crippen LogP contribution in [0, 0.1) is 13.8 Å². The first-order valence-corrected chi connectivity index (χ1v) is 9.89. The van der Waals surface area contributed by atoms with E-state index in [1.807, 2.05) is 13.0 Å². The van der Waals surface area contributed by atoms with E-state index < -0.39 is 10.0 Å². The monoisotopic (exact) mass is 374 g/mol. The fourth-order valence-corrected chi connectivity index (χ4v) is 4.46. The number of nitrogens with one attached hydrogen (secondary N) is 1. The fourth-order valence-electron chi connectivity index (χ4n) is 3.09. The van der Waals surface area contributed by atoms with Crippen LogP contribution in [0.4, 0.5) is 11.4 Å². The van der Waals surface area contributed by atoms with Crippen molar-refractivity contribution in [3.8, 4) is 5.75 Å². The normalized spacial score (nSPS) is 14.6. The molecule has 0 atom stereocenters. The van der Waals surface area contributed by atoms with Crippen molar-refractivity contribution in [1.29, 1.82) is 0 Å². The van der Waals surface area contributed by atoms with Crippen molar-refractivity contribution in [2.45, 2.75) is 31.6 Å². The van der Waals surface area contributed by atoms with E-state index in [0.717, 1.165) is 12.0 Å². The Morgan fingerprint density at radius 1 is 1.15 bits per heavy atom. The van der Waals surface area contributed by atoms with Crippen molar-refractivity contribution < 1.29 is 17.9 Å². The van der Waals surface area contributed by atoms with Gasteiger partial charge in [-0.05, 0) is 49.6 Å². The Morgan fingerprint density at radius 3 is 2.58 bits per heavy atom. The quantitative estimate of drug-likeness (QED) is 0.872. The summed E-state index contributed by atoms with van der Waals surface area (Å²) in [6, 6.07) is 10.1. The minimum absolute atomic E-state index is 0.0482. The molecule has 7 heteroatoms. The Bertz CT molecular complexity index is 954. The molecule has 6 nitrogen and oxygen atoms in total. The number of ether oxygens (including phenoxy) is 1. The van der Waals surface area contributed by atoms with E-state index >= 15 is 0 Å². The molecule has 26 heavy (non-hydrogen) atoms. The van der Waals surface area contributed by atoms with Gasteiger partial charge in [0.2, 0.25) is 5.91 Å². The zero-order chi connectivity index (χ0) is 18.9. The SMILES string of the molecule is COc1cc(NS(=O)(=O)c2cccc(C)c2C)ccc1N1CCCC1=O. The van der Waals surface area contributed by atoms with Gasteiger partial charge in [0, 0.05) is 19.0 Å². The van der Waals surface area contributed by atoms with Gasteiger partial charge in [-0.2, -0.15) is 0 Å². The summed E-state index contributed by atoms with van der Waals surface area (Å²) in [5, 5.41) is 0. The summed E-state index contributed by atoms with van der Waals surface area (Å²) in [5.74, 6) is 0.508. The zero-order valence-electron chi connectivity index (χ0n) is 15.1. The molecular weight excluding hydrogens is 352 g/mol. The number of anilines is 2. The lowest BCUT2D eigenvalue weighted by Crippen LogP contribution is -2.24. The summed E-state index contributed by atoms with van der Waals surface area (Å²) in [6.07, 6.45) is 1.33. The molecule has 1 fully saturated rings. The Labute approximate surface area is 153 Å². The maximum Gasteiger partial charge on any atom is 0.262 e. The number of benzene rings is 2. The molecular formula is C19H22N2O4S. The van der Waals surface area contributed by atoms with Gasteiger partial charge in [0.15, 0.2) is 0 Å². The highest BCUT2D eigenvalue weighted by Crippen LogP contribution is 2.34. The molecule has 1 saturated heterocycles. The molecule has 1 aliphatic heterocycles. The van der Waals surface area contributed by atoms with E-state index in [1.165, 1.54) is 7.11 Å². The number of hydrogen-bond acceptors (Lipinski definition) is 4. The Kier molecular flexibility index (Phi) is 4.91. The predicted molar refractivity (Wildman–Crippen MR) is 101 cm³/mol. The fraction of sp³-hybridized carbons (Fsp3) is 0.316. The summed E-state index contributed by atoms with van der Waals surface area (Å²) < 4.78 is 33.5. The number of sulfonamides is 1. The van der Waals surface area contributed by atoms with Crippen LogP contribution < -0.4 is 14.4 Å². The first-order chi connectivity index (χ1) is 12.3. The molecule has 1 N–H and O–H groups in total. The third kappa shape index (κ3) is 3.39. The molecule has 0 spiro atoms. The molecule has 0 unspecified atom stereocenters. The van der Waals surface area contributed by atoms with Gasteiger partial charge < -0.3 is 9.64 Å². The molecule has 138 valence electrons. The van der Waals surface area contributed by atoms with E-state index in [0.29, 0.717) is 35.7 Å².